The Morgan fingerprint density at radius 2 is 2.46 bits per heavy atom. The maximum atomic E-state index is 11.2. The van der Waals surface area contributed by atoms with E-state index in [1.807, 2.05) is 0 Å². The molecular weight excluding hydrogens is 204 g/mol. The van der Waals surface area contributed by atoms with E-state index in [9.17, 15) is 4.79 Å². The molecular formula is C8H14N2OS2. The first-order valence-electron chi connectivity index (χ1n) is 4.20. The van der Waals surface area contributed by atoms with Crippen LogP contribution >= 0.6 is 23.5 Å². The number of hydrogen-bond donors (Lipinski definition) is 0. The normalized spacial score (nSPS) is 15.7. The summed E-state index contributed by atoms with van der Waals surface area (Å²) in [5, 5.41) is 0. The molecule has 5 heteroatoms. The fraction of sp³-hybridized carbons (Fsp3) is 0.750. The molecule has 74 valence electrons. The lowest BCUT2D eigenvalue weighted by Crippen LogP contribution is -2.21. The van der Waals surface area contributed by atoms with Crippen LogP contribution in [0.1, 0.15) is 6.42 Å². The molecule has 0 fully saturated rings. The lowest BCUT2D eigenvalue weighted by atomic mass is 10.4. The summed E-state index contributed by atoms with van der Waals surface area (Å²) in [5.74, 6) is 2.14. The van der Waals surface area contributed by atoms with Gasteiger partial charge >= 0.3 is 0 Å². The summed E-state index contributed by atoms with van der Waals surface area (Å²) in [7, 11) is 3.57. The van der Waals surface area contributed by atoms with Crippen molar-refractivity contribution in [2.45, 2.75) is 6.42 Å². The molecule has 1 heterocycles. The quantitative estimate of drug-likeness (QED) is 0.716. The van der Waals surface area contributed by atoms with E-state index in [-0.39, 0.29) is 5.91 Å². The second kappa shape index (κ2) is 5.54. The standard InChI is InChI=1S/C8H14N2OS2/c1-10(2)7(11)3-5-12-8-9-4-6-13-8/h3-6H2,1-2H3. The first-order chi connectivity index (χ1) is 6.20. The van der Waals surface area contributed by atoms with Gasteiger partial charge in [0.25, 0.3) is 0 Å². The third kappa shape index (κ3) is 4.04. The van der Waals surface area contributed by atoms with Gasteiger partial charge in [-0.1, -0.05) is 23.5 Å². The van der Waals surface area contributed by atoms with Gasteiger partial charge in [0.2, 0.25) is 5.91 Å². The molecule has 1 rings (SSSR count). The fourth-order valence-electron chi connectivity index (χ4n) is 0.852. The Morgan fingerprint density at radius 1 is 1.69 bits per heavy atom. The predicted molar refractivity (Wildman–Crippen MR) is 60.5 cm³/mol. The van der Waals surface area contributed by atoms with Gasteiger partial charge in [0.05, 0.1) is 6.54 Å². The summed E-state index contributed by atoms with van der Waals surface area (Å²) in [5.41, 5.74) is 0. The number of carbonyl (C=O) groups excluding carboxylic acids is 1. The van der Waals surface area contributed by atoms with Gasteiger partial charge in [0, 0.05) is 32.0 Å². The summed E-state index contributed by atoms with van der Waals surface area (Å²) in [6, 6.07) is 0. The van der Waals surface area contributed by atoms with Crippen molar-refractivity contribution >= 4 is 33.8 Å². The van der Waals surface area contributed by atoms with Crippen LogP contribution in [0, 0.1) is 0 Å². The summed E-state index contributed by atoms with van der Waals surface area (Å²) in [6.45, 7) is 0.939. The maximum absolute atomic E-state index is 11.2. The Labute approximate surface area is 87.4 Å². The van der Waals surface area contributed by atoms with Crippen LogP contribution in [-0.2, 0) is 4.79 Å². The van der Waals surface area contributed by atoms with Crippen LogP contribution in [0.25, 0.3) is 0 Å². The predicted octanol–water partition coefficient (Wildman–Crippen LogP) is 1.30. The topological polar surface area (TPSA) is 32.7 Å². The average molecular weight is 218 g/mol. The van der Waals surface area contributed by atoms with Crippen LogP contribution in [0.5, 0.6) is 0 Å². The van der Waals surface area contributed by atoms with E-state index in [1.54, 1.807) is 42.5 Å². The molecule has 0 bridgehead atoms. The molecule has 3 nitrogen and oxygen atoms in total. The van der Waals surface area contributed by atoms with Gasteiger partial charge in [-0.2, -0.15) is 0 Å². The molecule has 0 saturated carbocycles. The molecule has 0 aliphatic carbocycles. The van der Waals surface area contributed by atoms with Crippen molar-refractivity contribution in [2.75, 3.05) is 32.1 Å². The van der Waals surface area contributed by atoms with Gasteiger partial charge < -0.3 is 4.90 Å². The van der Waals surface area contributed by atoms with Crippen molar-refractivity contribution < 1.29 is 4.79 Å². The minimum atomic E-state index is 0.191. The summed E-state index contributed by atoms with van der Waals surface area (Å²) < 4.78 is 1.14. The van der Waals surface area contributed by atoms with Gasteiger partial charge in [0.15, 0.2) is 0 Å². The molecule has 0 N–H and O–H groups in total. The van der Waals surface area contributed by atoms with Gasteiger partial charge in [0.1, 0.15) is 4.38 Å². The average Bonchev–Trinajstić information content (AvgIpc) is 2.56. The van der Waals surface area contributed by atoms with Crippen LogP contribution in [-0.4, -0.2) is 47.3 Å². The largest absolute Gasteiger partial charge is 0.349 e. The number of thioether (sulfide) groups is 2. The SMILES string of the molecule is CN(C)C(=O)CCSC1=NCCS1. The third-order valence-corrected chi connectivity index (χ3v) is 3.85. The van der Waals surface area contributed by atoms with Crippen molar-refractivity contribution in [3.05, 3.63) is 0 Å². The summed E-state index contributed by atoms with van der Waals surface area (Å²) in [6.07, 6.45) is 0.608. The fourth-order valence-corrected chi connectivity index (χ4v) is 2.86. The van der Waals surface area contributed by atoms with Crippen molar-refractivity contribution in [3.63, 3.8) is 0 Å². The number of amides is 1. The number of aliphatic imine (C=N–C) groups is 1. The lowest BCUT2D eigenvalue weighted by molar-refractivity contribution is -0.128. The van der Waals surface area contributed by atoms with Crippen LogP contribution in [0.3, 0.4) is 0 Å². The number of rotatable bonds is 3. The smallest absolute Gasteiger partial charge is 0.222 e. The van der Waals surface area contributed by atoms with E-state index < -0.39 is 0 Å². The first-order valence-corrected chi connectivity index (χ1v) is 6.17. The second-order valence-electron chi connectivity index (χ2n) is 2.88. The third-order valence-electron chi connectivity index (χ3n) is 1.60. The van der Waals surface area contributed by atoms with E-state index in [2.05, 4.69) is 4.99 Å². The van der Waals surface area contributed by atoms with Gasteiger partial charge in [-0.05, 0) is 0 Å². The Hall–Kier alpha value is -0.160. The Bertz CT molecular complexity index is 216. The molecule has 1 aliphatic heterocycles. The molecule has 0 atom stereocenters. The molecule has 1 aliphatic rings. The molecule has 13 heavy (non-hydrogen) atoms. The Balaban J connectivity index is 2.10. The highest BCUT2D eigenvalue weighted by Crippen LogP contribution is 2.22. The first kappa shape index (κ1) is 10.9. The maximum Gasteiger partial charge on any atom is 0.222 e. The Kier molecular flexibility index (Phi) is 4.66. The van der Waals surface area contributed by atoms with Crippen molar-refractivity contribution in [2.24, 2.45) is 4.99 Å². The van der Waals surface area contributed by atoms with Crippen LogP contribution < -0.4 is 0 Å². The summed E-state index contributed by atoms with van der Waals surface area (Å²) in [4.78, 5) is 17.1. The number of carbonyl (C=O) groups is 1. The highest BCUT2D eigenvalue weighted by molar-refractivity contribution is 8.39. The minimum Gasteiger partial charge on any atom is -0.349 e. The van der Waals surface area contributed by atoms with E-state index in [0.29, 0.717) is 6.42 Å². The van der Waals surface area contributed by atoms with Crippen LogP contribution in [0.2, 0.25) is 0 Å². The molecule has 0 unspecified atom stereocenters. The minimum absolute atomic E-state index is 0.191. The van der Waals surface area contributed by atoms with E-state index in [1.165, 1.54) is 0 Å². The van der Waals surface area contributed by atoms with Crippen molar-refractivity contribution in [3.8, 4) is 0 Å². The number of nitrogens with zero attached hydrogens (tertiary/aromatic N) is 2. The van der Waals surface area contributed by atoms with Crippen LogP contribution in [0.4, 0.5) is 0 Å². The zero-order valence-corrected chi connectivity index (χ0v) is 9.58. The monoisotopic (exact) mass is 218 g/mol. The molecule has 0 spiro atoms. The van der Waals surface area contributed by atoms with Crippen molar-refractivity contribution in [1.82, 2.24) is 4.90 Å². The molecule has 0 saturated heterocycles. The van der Waals surface area contributed by atoms with E-state index in [0.717, 1.165) is 22.4 Å². The molecule has 1 amide bonds. The second-order valence-corrected chi connectivity index (χ2v) is 5.31. The highest BCUT2D eigenvalue weighted by atomic mass is 32.2. The zero-order chi connectivity index (χ0) is 9.68. The molecule has 0 radical (unpaired) electrons. The number of hydrogen-bond acceptors (Lipinski definition) is 4. The van der Waals surface area contributed by atoms with Gasteiger partial charge in [-0.3, -0.25) is 9.79 Å². The molecule has 0 aromatic heterocycles. The molecule has 0 aromatic carbocycles. The van der Waals surface area contributed by atoms with Gasteiger partial charge in [-0.25, -0.2) is 0 Å². The zero-order valence-electron chi connectivity index (χ0n) is 7.95. The summed E-state index contributed by atoms with van der Waals surface area (Å²) >= 11 is 3.49. The highest BCUT2D eigenvalue weighted by Gasteiger charge is 2.09. The van der Waals surface area contributed by atoms with Crippen molar-refractivity contribution in [1.29, 1.82) is 0 Å². The van der Waals surface area contributed by atoms with Crippen LogP contribution in [0.15, 0.2) is 4.99 Å². The lowest BCUT2D eigenvalue weighted by Gasteiger charge is -2.08. The van der Waals surface area contributed by atoms with E-state index in [4.69, 9.17) is 0 Å². The molecule has 0 aromatic rings. The van der Waals surface area contributed by atoms with Gasteiger partial charge in [-0.15, -0.1) is 0 Å². The Morgan fingerprint density at radius 3 is 3.00 bits per heavy atom. The van der Waals surface area contributed by atoms with E-state index >= 15 is 0 Å².